The Labute approximate surface area is 187 Å². The van der Waals surface area contributed by atoms with Crippen molar-refractivity contribution in [1.29, 1.82) is 0 Å². The zero-order valence-electron chi connectivity index (χ0n) is 16.5. The molecule has 1 aliphatic rings. The molecule has 3 aromatic rings. The summed E-state index contributed by atoms with van der Waals surface area (Å²) in [5.74, 6) is -0.326. The molecule has 1 aromatic heterocycles. The largest absolute Gasteiger partial charge is 0.311 e. The number of nitrogens with zero attached hydrogens (tertiary/aromatic N) is 2. The molecular formula is C21H25FN4O3S2. The zero-order valence-corrected chi connectivity index (χ0v) is 18.1. The number of hydrogen-bond donors (Lipinski definition) is 2. The number of rotatable bonds is 8. The Bertz CT molecular complexity index is 1160. The van der Waals surface area contributed by atoms with Gasteiger partial charge in [0.1, 0.15) is 5.82 Å². The molecule has 0 saturated carbocycles. The Balaban J connectivity index is 0.00000193. The molecule has 4 rings (SSSR count). The van der Waals surface area contributed by atoms with E-state index in [1.807, 2.05) is 0 Å². The van der Waals surface area contributed by atoms with E-state index >= 15 is 0 Å². The molecule has 10 heteroatoms. The SMILES string of the molecule is O=C1[C@@H](NCCc2ccccc2F)CCN1c1ccc(S(=O)(=O)Nc2nccs2)cc1.[HH].[HH]. The first-order valence-electron chi connectivity index (χ1n) is 9.74. The molecule has 2 heterocycles. The van der Waals surface area contributed by atoms with Gasteiger partial charge in [0.05, 0.1) is 10.9 Å². The van der Waals surface area contributed by atoms with Crippen LogP contribution in [0.3, 0.4) is 0 Å². The van der Waals surface area contributed by atoms with Gasteiger partial charge in [-0.05, 0) is 48.7 Å². The summed E-state index contributed by atoms with van der Waals surface area (Å²) in [4.78, 5) is 18.4. The Morgan fingerprint density at radius 3 is 2.68 bits per heavy atom. The number of sulfonamides is 1. The number of nitrogens with one attached hydrogen (secondary N) is 2. The third-order valence-corrected chi connectivity index (χ3v) is 7.23. The highest BCUT2D eigenvalue weighted by atomic mass is 32.2. The quantitative estimate of drug-likeness (QED) is 0.532. The van der Waals surface area contributed by atoms with Gasteiger partial charge < -0.3 is 10.2 Å². The van der Waals surface area contributed by atoms with Gasteiger partial charge >= 0.3 is 0 Å². The van der Waals surface area contributed by atoms with Crippen LogP contribution in [0.5, 0.6) is 0 Å². The molecule has 0 bridgehead atoms. The van der Waals surface area contributed by atoms with Crippen molar-refractivity contribution in [3.63, 3.8) is 0 Å². The van der Waals surface area contributed by atoms with Crippen LogP contribution in [0.4, 0.5) is 15.2 Å². The maximum atomic E-state index is 13.7. The molecule has 0 radical (unpaired) electrons. The lowest BCUT2D eigenvalue weighted by molar-refractivity contribution is -0.118. The second kappa shape index (κ2) is 9.13. The summed E-state index contributed by atoms with van der Waals surface area (Å²) in [6.45, 7) is 1.02. The second-order valence-electron chi connectivity index (χ2n) is 7.06. The Morgan fingerprint density at radius 1 is 1.19 bits per heavy atom. The third-order valence-electron chi connectivity index (χ3n) is 5.06. The lowest BCUT2D eigenvalue weighted by Crippen LogP contribution is -2.39. The van der Waals surface area contributed by atoms with E-state index in [9.17, 15) is 17.6 Å². The molecule has 1 atom stereocenters. The van der Waals surface area contributed by atoms with E-state index < -0.39 is 10.0 Å². The number of thiazole rings is 1. The standard InChI is InChI=1S/C21H21FN4O3S2.2H2/c22-18-4-2-1-3-15(18)9-11-23-19-10-13-26(20(19)27)16-5-7-17(8-6-16)31(28,29)25-21-24-12-14-30-21;;/h1-8,12,14,19,23H,9-11,13H2,(H,24,25);2*1H/t19-;;/m0../s1. The number of carbonyl (C=O) groups excluding carboxylic acids is 1. The van der Waals surface area contributed by atoms with Crippen molar-refractivity contribution < 1.29 is 20.5 Å². The van der Waals surface area contributed by atoms with Crippen LogP contribution >= 0.6 is 11.3 Å². The van der Waals surface area contributed by atoms with Gasteiger partial charge in [-0.1, -0.05) is 18.2 Å². The molecular weight excluding hydrogens is 439 g/mol. The number of amides is 1. The van der Waals surface area contributed by atoms with Gasteiger partial charge in [0.15, 0.2) is 5.13 Å². The number of anilines is 2. The fraction of sp³-hybridized carbons (Fsp3) is 0.238. The zero-order chi connectivity index (χ0) is 21.8. The van der Waals surface area contributed by atoms with E-state index in [0.717, 1.165) is 0 Å². The Hall–Kier alpha value is -2.82. The maximum Gasteiger partial charge on any atom is 0.263 e. The molecule has 0 aliphatic carbocycles. The summed E-state index contributed by atoms with van der Waals surface area (Å²) in [6, 6.07) is 12.4. The highest BCUT2D eigenvalue weighted by molar-refractivity contribution is 7.93. The van der Waals surface area contributed by atoms with Crippen molar-refractivity contribution in [3.8, 4) is 0 Å². The number of aromatic nitrogens is 1. The van der Waals surface area contributed by atoms with Crippen LogP contribution in [0.1, 0.15) is 14.8 Å². The summed E-state index contributed by atoms with van der Waals surface area (Å²) in [7, 11) is -3.74. The van der Waals surface area contributed by atoms with Crippen molar-refractivity contribution in [2.45, 2.75) is 23.8 Å². The lowest BCUT2D eigenvalue weighted by Gasteiger charge is -2.18. The summed E-state index contributed by atoms with van der Waals surface area (Å²) < 4.78 is 41.0. The van der Waals surface area contributed by atoms with Crippen molar-refractivity contribution in [1.82, 2.24) is 10.3 Å². The van der Waals surface area contributed by atoms with E-state index in [4.69, 9.17) is 0 Å². The summed E-state index contributed by atoms with van der Waals surface area (Å²) >= 11 is 1.19. The van der Waals surface area contributed by atoms with Gasteiger partial charge in [0.25, 0.3) is 10.0 Å². The van der Waals surface area contributed by atoms with Crippen molar-refractivity contribution in [2.75, 3.05) is 22.7 Å². The normalized spacial score (nSPS) is 16.6. The van der Waals surface area contributed by atoms with Gasteiger partial charge in [-0.3, -0.25) is 9.52 Å². The Morgan fingerprint density at radius 2 is 1.97 bits per heavy atom. The smallest absolute Gasteiger partial charge is 0.263 e. The van der Waals surface area contributed by atoms with Crippen molar-refractivity contribution in [2.24, 2.45) is 0 Å². The average molecular weight is 465 g/mol. The Kier molecular flexibility index (Phi) is 6.30. The highest BCUT2D eigenvalue weighted by Crippen LogP contribution is 2.25. The first-order chi connectivity index (χ1) is 14.9. The van der Waals surface area contributed by atoms with Crippen molar-refractivity contribution in [3.05, 3.63) is 71.5 Å². The molecule has 166 valence electrons. The molecule has 2 N–H and O–H groups in total. The number of halogens is 1. The third kappa shape index (κ3) is 4.92. The molecule has 1 fully saturated rings. The summed E-state index contributed by atoms with van der Waals surface area (Å²) in [5.41, 5.74) is 1.25. The fourth-order valence-corrected chi connectivity index (χ4v) is 5.25. The highest BCUT2D eigenvalue weighted by Gasteiger charge is 2.32. The second-order valence-corrected chi connectivity index (χ2v) is 9.64. The van der Waals surface area contributed by atoms with Crippen LogP contribution in [0.15, 0.2) is 65.0 Å². The van der Waals surface area contributed by atoms with E-state index in [0.29, 0.717) is 42.3 Å². The van der Waals surface area contributed by atoms with Crippen LogP contribution < -0.4 is 14.9 Å². The van der Waals surface area contributed by atoms with Gasteiger partial charge in [0, 0.05) is 33.2 Å². The number of carbonyl (C=O) groups is 1. The minimum Gasteiger partial charge on any atom is -0.311 e. The predicted octanol–water partition coefficient (Wildman–Crippen LogP) is 3.51. The first-order valence-corrected chi connectivity index (χ1v) is 12.1. The van der Waals surface area contributed by atoms with Gasteiger partial charge in [0.2, 0.25) is 5.91 Å². The topological polar surface area (TPSA) is 91.4 Å². The van der Waals surface area contributed by atoms with Gasteiger partial charge in [-0.2, -0.15) is 0 Å². The fourth-order valence-electron chi connectivity index (χ4n) is 3.46. The lowest BCUT2D eigenvalue weighted by atomic mass is 10.1. The maximum absolute atomic E-state index is 13.7. The van der Waals surface area contributed by atoms with Gasteiger partial charge in [-0.25, -0.2) is 17.8 Å². The van der Waals surface area contributed by atoms with Gasteiger partial charge in [-0.15, -0.1) is 11.3 Å². The molecule has 1 amide bonds. The minimum atomic E-state index is -3.74. The average Bonchev–Trinajstić information content (AvgIpc) is 3.39. The molecule has 0 spiro atoms. The molecule has 1 saturated heterocycles. The monoisotopic (exact) mass is 464 g/mol. The van der Waals surface area contributed by atoms with Crippen molar-refractivity contribution >= 4 is 38.1 Å². The van der Waals surface area contributed by atoms with E-state index in [1.54, 1.807) is 40.6 Å². The predicted molar refractivity (Wildman–Crippen MR) is 122 cm³/mol. The van der Waals surface area contributed by atoms with E-state index in [-0.39, 0.29) is 25.5 Å². The molecule has 2 aromatic carbocycles. The first kappa shape index (κ1) is 21.4. The van der Waals surface area contributed by atoms with Crippen LogP contribution in [0, 0.1) is 5.82 Å². The van der Waals surface area contributed by atoms with Crippen LogP contribution in [0.25, 0.3) is 0 Å². The van der Waals surface area contributed by atoms with Crippen LogP contribution in [-0.4, -0.2) is 38.4 Å². The molecule has 7 nitrogen and oxygen atoms in total. The minimum absolute atomic E-state index is 0. The molecule has 1 aliphatic heterocycles. The van der Waals surface area contributed by atoms with Crippen LogP contribution in [-0.2, 0) is 21.2 Å². The summed E-state index contributed by atoms with van der Waals surface area (Å²) in [6.07, 6.45) is 2.64. The van der Waals surface area contributed by atoms with E-state index in [1.165, 1.54) is 35.7 Å². The van der Waals surface area contributed by atoms with Crippen LogP contribution in [0.2, 0.25) is 0 Å². The number of hydrogen-bond acceptors (Lipinski definition) is 6. The van der Waals surface area contributed by atoms with E-state index in [2.05, 4.69) is 15.0 Å². The molecule has 31 heavy (non-hydrogen) atoms. The number of benzene rings is 2. The molecule has 0 unspecified atom stereocenters. The summed E-state index contributed by atoms with van der Waals surface area (Å²) in [5, 5.41) is 5.17.